The van der Waals surface area contributed by atoms with Crippen molar-refractivity contribution < 1.29 is 0 Å². The summed E-state index contributed by atoms with van der Waals surface area (Å²) in [7, 11) is 2.02. The van der Waals surface area contributed by atoms with Crippen LogP contribution < -0.4 is 10.6 Å². The van der Waals surface area contributed by atoms with Crippen LogP contribution in [0.5, 0.6) is 0 Å². The molecule has 0 unspecified atom stereocenters. The first kappa shape index (κ1) is 14.0. The normalized spacial score (nSPS) is 18.9. The molecule has 0 saturated heterocycles. The summed E-state index contributed by atoms with van der Waals surface area (Å²) in [6.07, 6.45) is 8.50. The molecule has 1 aliphatic carbocycles. The first-order chi connectivity index (χ1) is 7.67. The summed E-state index contributed by atoms with van der Waals surface area (Å²) in [5.41, 5.74) is 0.486. The van der Waals surface area contributed by atoms with Gasteiger partial charge in [0.25, 0.3) is 0 Å². The molecule has 1 saturated carbocycles. The third kappa shape index (κ3) is 4.84. The predicted octanol–water partition coefficient (Wildman–Crippen LogP) is 2.79. The van der Waals surface area contributed by atoms with E-state index in [9.17, 15) is 0 Å². The lowest BCUT2D eigenvalue weighted by atomic mass is 9.71. The third-order valence-electron chi connectivity index (χ3n) is 4.07. The summed E-state index contributed by atoms with van der Waals surface area (Å²) in [6.45, 7) is 8.33. The van der Waals surface area contributed by atoms with Crippen molar-refractivity contribution in [3.05, 3.63) is 0 Å². The molecule has 2 nitrogen and oxygen atoms in total. The molecule has 0 aromatic rings. The quantitative estimate of drug-likeness (QED) is 0.652. The number of hydrogen-bond donors (Lipinski definition) is 2. The van der Waals surface area contributed by atoms with Gasteiger partial charge in [-0.05, 0) is 50.7 Å². The van der Waals surface area contributed by atoms with E-state index in [1.165, 1.54) is 45.1 Å². The number of nitrogens with one attached hydrogen (secondary N) is 2. The molecule has 2 N–H and O–H groups in total. The van der Waals surface area contributed by atoms with Gasteiger partial charge in [0, 0.05) is 6.54 Å². The summed E-state index contributed by atoms with van der Waals surface area (Å²) in [4.78, 5) is 0. The molecule has 0 atom stereocenters. The van der Waals surface area contributed by atoms with Crippen LogP contribution in [0.3, 0.4) is 0 Å². The van der Waals surface area contributed by atoms with Crippen LogP contribution in [0.1, 0.15) is 52.4 Å². The lowest BCUT2D eigenvalue weighted by Crippen LogP contribution is -2.37. The molecule has 0 bridgehead atoms. The zero-order chi connectivity index (χ0) is 11.9. The molecule has 2 heteroatoms. The van der Waals surface area contributed by atoms with Crippen molar-refractivity contribution >= 4 is 0 Å². The van der Waals surface area contributed by atoms with Crippen molar-refractivity contribution in [1.29, 1.82) is 0 Å². The van der Waals surface area contributed by atoms with Crippen LogP contribution in [0, 0.1) is 11.3 Å². The van der Waals surface area contributed by atoms with E-state index in [0.29, 0.717) is 5.41 Å². The molecule has 96 valence electrons. The Morgan fingerprint density at radius 1 is 1.06 bits per heavy atom. The minimum atomic E-state index is 0.486. The van der Waals surface area contributed by atoms with E-state index in [4.69, 9.17) is 0 Å². The van der Waals surface area contributed by atoms with Gasteiger partial charge in [0.2, 0.25) is 0 Å². The predicted molar refractivity (Wildman–Crippen MR) is 71.8 cm³/mol. The first-order valence-corrected chi connectivity index (χ1v) is 7.02. The van der Waals surface area contributed by atoms with Crippen LogP contribution in [-0.4, -0.2) is 26.7 Å². The maximum atomic E-state index is 3.62. The van der Waals surface area contributed by atoms with E-state index in [0.717, 1.165) is 19.0 Å². The second-order valence-electron chi connectivity index (χ2n) is 5.96. The summed E-state index contributed by atoms with van der Waals surface area (Å²) in [5.74, 6) is 0.943. The standard InChI is InChI=1S/C14H30N2/c1-14(2,12-16-11-7-10-15-3)13-8-5-4-6-9-13/h13,15-16H,4-12H2,1-3H3. The lowest BCUT2D eigenvalue weighted by molar-refractivity contribution is 0.154. The highest BCUT2D eigenvalue weighted by molar-refractivity contribution is 4.82. The van der Waals surface area contributed by atoms with Gasteiger partial charge >= 0.3 is 0 Å². The molecule has 1 rings (SSSR count). The lowest BCUT2D eigenvalue weighted by Gasteiger charge is -2.37. The average Bonchev–Trinajstić information content (AvgIpc) is 2.30. The minimum absolute atomic E-state index is 0.486. The number of rotatable bonds is 7. The SMILES string of the molecule is CNCCCNCC(C)(C)C1CCCCC1. The molecular formula is C14H30N2. The largest absolute Gasteiger partial charge is 0.320 e. The fourth-order valence-corrected chi connectivity index (χ4v) is 2.83. The van der Waals surface area contributed by atoms with Gasteiger partial charge in [-0.25, -0.2) is 0 Å². The Balaban J connectivity index is 2.16. The average molecular weight is 226 g/mol. The highest BCUT2D eigenvalue weighted by Crippen LogP contribution is 2.37. The molecule has 0 amide bonds. The van der Waals surface area contributed by atoms with Crippen LogP contribution in [0.15, 0.2) is 0 Å². The first-order valence-electron chi connectivity index (χ1n) is 7.02. The van der Waals surface area contributed by atoms with Crippen LogP contribution in [0.4, 0.5) is 0 Å². The fraction of sp³-hybridized carbons (Fsp3) is 1.00. The van der Waals surface area contributed by atoms with Crippen molar-refractivity contribution in [2.24, 2.45) is 11.3 Å². The van der Waals surface area contributed by atoms with Crippen LogP contribution in [0.25, 0.3) is 0 Å². The molecule has 16 heavy (non-hydrogen) atoms. The highest BCUT2D eigenvalue weighted by Gasteiger charge is 2.29. The zero-order valence-corrected chi connectivity index (χ0v) is 11.4. The van der Waals surface area contributed by atoms with Gasteiger partial charge in [-0.1, -0.05) is 33.1 Å². The Morgan fingerprint density at radius 3 is 2.38 bits per heavy atom. The molecular weight excluding hydrogens is 196 g/mol. The topological polar surface area (TPSA) is 24.1 Å². The second-order valence-corrected chi connectivity index (χ2v) is 5.96. The van der Waals surface area contributed by atoms with Crippen molar-refractivity contribution in [3.8, 4) is 0 Å². The zero-order valence-electron chi connectivity index (χ0n) is 11.4. The van der Waals surface area contributed by atoms with E-state index in [-0.39, 0.29) is 0 Å². The van der Waals surface area contributed by atoms with Gasteiger partial charge in [-0.15, -0.1) is 0 Å². The Hall–Kier alpha value is -0.0800. The summed E-state index contributed by atoms with van der Waals surface area (Å²) >= 11 is 0. The molecule has 0 heterocycles. The van der Waals surface area contributed by atoms with Gasteiger partial charge in [0.1, 0.15) is 0 Å². The summed E-state index contributed by atoms with van der Waals surface area (Å²) in [5, 5.41) is 6.81. The molecule has 0 spiro atoms. The molecule has 0 aliphatic heterocycles. The van der Waals surface area contributed by atoms with Crippen LogP contribution in [0.2, 0.25) is 0 Å². The molecule has 1 aliphatic rings. The minimum Gasteiger partial charge on any atom is -0.320 e. The molecule has 0 aromatic carbocycles. The Morgan fingerprint density at radius 2 is 1.75 bits per heavy atom. The van der Waals surface area contributed by atoms with Gasteiger partial charge < -0.3 is 10.6 Å². The monoisotopic (exact) mass is 226 g/mol. The van der Waals surface area contributed by atoms with Crippen molar-refractivity contribution in [1.82, 2.24) is 10.6 Å². The maximum absolute atomic E-state index is 3.62. The molecule has 1 fully saturated rings. The van der Waals surface area contributed by atoms with Crippen molar-refractivity contribution in [2.45, 2.75) is 52.4 Å². The Bertz CT molecular complexity index is 172. The van der Waals surface area contributed by atoms with Crippen LogP contribution in [-0.2, 0) is 0 Å². The third-order valence-corrected chi connectivity index (χ3v) is 4.07. The van der Waals surface area contributed by atoms with Gasteiger partial charge in [-0.2, -0.15) is 0 Å². The van der Waals surface area contributed by atoms with Crippen LogP contribution >= 0.6 is 0 Å². The highest BCUT2D eigenvalue weighted by atomic mass is 14.9. The van der Waals surface area contributed by atoms with Crippen molar-refractivity contribution in [2.75, 3.05) is 26.7 Å². The molecule has 0 radical (unpaired) electrons. The van der Waals surface area contributed by atoms with E-state index in [1.54, 1.807) is 0 Å². The maximum Gasteiger partial charge on any atom is 0.000518 e. The number of hydrogen-bond acceptors (Lipinski definition) is 2. The van der Waals surface area contributed by atoms with Gasteiger partial charge in [0.05, 0.1) is 0 Å². The Kier molecular flexibility index (Phi) is 6.37. The van der Waals surface area contributed by atoms with Crippen molar-refractivity contribution in [3.63, 3.8) is 0 Å². The smallest absolute Gasteiger partial charge is 0.000518 e. The summed E-state index contributed by atoms with van der Waals surface area (Å²) < 4.78 is 0. The molecule has 0 aromatic heterocycles. The Labute approximate surface area is 102 Å². The van der Waals surface area contributed by atoms with E-state index in [2.05, 4.69) is 24.5 Å². The second kappa shape index (κ2) is 7.29. The van der Waals surface area contributed by atoms with E-state index >= 15 is 0 Å². The summed E-state index contributed by atoms with van der Waals surface area (Å²) in [6, 6.07) is 0. The van der Waals surface area contributed by atoms with E-state index in [1.807, 2.05) is 7.05 Å². The fourth-order valence-electron chi connectivity index (χ4n) is 2.83. The van der Waals surface area contributed by atoms with E-state index < -0.39 is 0 Å². The van der Waals surface area contributed by atoms with Gasteiger partial charge in [0.15, 0.2) is 0 Å². The van der Waals surface area contributed by atoms with Gasteiger partial charge in [-0.3, -0.25) is 0 Å².